The minimum atomic E-state index is 0.643. The van der Waals surface area contributed by atoms with E-state index in [1.807, 2.05) is 42.5 Å². The number of hydrogen-bond acceptors (Lipinski definition) is 3. The molecule has 23 heavy (non-hydrogen) atoms. The fourth-order valence-electron chi connectivity index (χ4n) is 2.02. The summed E-state index contributed by atoms with van der Waals surface area (Å²) >= 11 is 5.88. The van der Waals surface area contributed by atoms with Crippen molar-refractivity contribution < 1.29 is 9.47 Å². The lowest BCUT2D eigenvalue weighted by molar-refractivity contribution is 0.355. The van der Waals surface area contributed by atoms with Crippen LogP contribution in [0.4, 0.5) is 5.69 Å². The van der Waals surface area contributed by atoms with Gasteiger partial charge in [0.2, 0.25) is 0 Å². The van der Waals surface area contributed by atoms with Crippen LogP contribution in [0.3, 0.4) is 0 Å². The van der Waals surface area contributed by atoms with E-state index in [0.717, 1.165) is 16.3 Å². The summed E-state index contributed by atoms with van der Waals surface area (Å²) in [5.74, 6) is 2.00. The molecule has 0 saturated carbocycles. The van der Waals surface area contributed by atoms with E-state index >= 15 is 0 Å². The van der Waals surface area contributed by atoms with Gasteiger partial charge in [-0.15, -0.1) is 0 Å². The van der Waals surface area contributed by atoms with Crippen LogP contribution in [0.15, 0.2) is 47.5 Å². The fraction of sp³-hybridized carbons (Fsp3) is 0.235. The van der Waals surface area contributed by atoms with Crippen molar-refractivity contribution in [3.63, 3.8) is 0 Å². The van der Waals surface area contributed by atoms with Gasteiger partial charge >= 0.3 is 0 Å². The summed E-state index contributed by atoms with van der Waals surface area (Å²) in [5.41, 5.74) is 1.97. The number of hydrogen-bond donors (Lipinski definition) is 2. The quantitative estimate of drug-likeness (QED) is 0.649. The molecule has 0 aliphatic heterocycles. The summed E-state index contributed by atoms with van der Waals surface area (Å²) in [6, 6.07) is 13.3. The van der Waals surface area contributed by atoms with E-state index in [0.29, 0.717) is 24.0 Å². The molecule has 122 valence electrons. The predicted octanol–water partition coefficient (Wildman–Crippen LogP) is 3.54. The first-order chi connectivity index (χ1) is 11.2. The van der Waals surface area contributed by atoms with Crippen molar-refractivity contribution in [1.29, 1.82) is 0 Å². The molecule has 6 heteroatoms. The Hall–Kier alpha value is -2.40. The predicted molar refractivity (Wildman–Crippen MR) is 94.8 cm³/mol. The molecule has 5 nitrogen and oxygen atoms in total. The number of methoxy groups -OCH3 is 2. The van der Waals surface area contributed by atoms with Crippen LogP contribution >= 0.6 is 11.6 Å². The minimum absolute atomic E-state index is 0.643. The molecule has 0 fully saturated rings. The van der Waals surface area contributed by atoms with E-state index in [1.54, 1.807) is 21.3 Å². The van der Waals surface area contributed by atoms with E-state index < -0.39 is 0 Å². The van der Waals surface area contributed by atoms with E-state index in [1.165, 1.54) is 0 Å². The minimum Gasteiger partial charge on any atom is -0.493 e. The maximum Gasteiger partial charge on any atom is 0.195 e. The van der Waals surface area contributed by atoms with Gasteiger partial charge in [-0.25, -0.2) is 0 Å². The van der Waals surface area contributed by atoms with Crippen molar-refractivity contribution in [3.05, 3.63) is 53.1 Å². The Labute approximate surface area is 141 Å². The normalized spacial score (nSPS) is 11.0. The van der Waals surface area contributed by atoms with Gasteiger partial charge in [0.1, 0.15) is 0 Å². The van der Waals surface area contributed by atoms with Crippen LogP contribution in [-0.4, -0.2) is 27.2 Å². The van der Waals surface area contributed by atoms with Crippen molar-refractivity contribution in [2.45, 2.75) is 6.54 Å². The molecule has 2 rings (SSSR count). The molecule has 0 aliphatic carbocycles. The molecule has 0 unspecified atom stereocenters. The summed E-state index contributed by atoms with van der Waals surface area (Å²) in [6.07, 6.45) is 0. The first-order valence-corrected chi connectivity index (χ1v) is 7.48. The molecular formula is C17H20ClN3O2. The van der Waals surface area contributed by atoms with Crippen LogP contribution in [0, 0.1) is 0 Å². The summed E-state index contributed by atoms with van der Waals surface area (Å²) in [6.45, 7) is 0.643. The maximum absolute atomic E-state index is 5.88. The Bertz CT molecular complexity index is 672. The highest BCUT2D eigenvalue weighted by Gasteiger charge is 2.06. The molecule has 2 N–H and O–H groups in total. The molecule has 2 aromatic carbocycles. The fourth-order valence-corrected chi connectivity index (χ4v) is 2.14. The standard InChI is InChI=1S/C17H20ClN3O2/c1-19-17(20-11-12-4-6-13(18)7-5-12)21-14-8-9-15(22-2)16(10-14)23-3/h4-10H,11H2,1-3H3,(H2,19,20,21). The van der Waals surface area contributed by atoms with Gasteiger partial charge in [-0.2, -0.15) is 0 Å². The molecule has 0 atom stereocenters. The topological polar surface area (TPSA) is 54.9 Å². The third-order valence-electron chi connectivity index (χ3n) is 3.24. The average Bonchev–Trinajstić information content (AvgIpc) is 2.59. The highest BCUT2D eigenvalue weighted by atomic mass is 35.5. The molecule has 0 amide bonds. The first kappa shape index (κ1) is 17.0. The van der Waals surface area contributed by atoms with Crippen molar-refractivity contribution in [2.75, 3.05) is 26.6 Å². The number of benzene rings is 2. The molecule has 0 bridgehead atoms. The summed E-state index contributed by atoms with van der Waals surface area (Å²) in [7, 11) is 4.94. The maximum atomic E-state index is 5.88. The molecule has 0 aliphatic rings. The van der Waals surface area contributed by atoms with Gasteiger partial charge < -0.3 is 20.1 Å². The zero-order chi connectivity index (χ0) is 16.7. The van der Waals surface area contributed by atoms with Crippen molar-refractivity contribution in [1.82, 2.24) is 5.32 Å². The third-order valence-corrected chi connectivity index (χ3v) is 3.50. The number of aliphatic imine (C=N–C) groups is 1. The van der Waals surface area contributed by atoms with Crippen LogP contribution in [0.1, 0.15) is 5.56 Å². The van der Waals surface area contributed by atoms with Crippen LogP contribution < -0.4 is 20.1 Å². The van der Waals surface area contributed by atoms with Gasteiger partial charge in [-0.1, -0.05) is 23.7 Å². The third kappa shape index (κ3) is 4.79. The van der Waals surface area contributed by atoms with Gasteiger partial charge in [0.25, 0.3) is 0 Å². The van der Waals surface area contributed by atoms with E-state index in [4.69, 9.17) is 21.1 Å². The Kier molecular flexibility index (Phi) is 6.11. The summed E-state index contributed by atoms with van der Waals surface area (Å²) < 4.78 is 10.5. The van der Waals surface area contributed by atoms with E-state index in [2.05, 4.69) is 15.6 Å². The van der Waals surface area contributed by atoms with Crippen LogP contribution in [0.2, 0.25) is 5.02 Å². The number of ether oxygens (including phenoxy) is 2. The van der Waals surface area contributed by atoms with Gasteiger partial charge in [-0.3, -0.25) is 4.99 Å². The summed E-state index contributed by atoms with van der Waals surface area (Å²) in [4.78, 5) is 4.21. The Morgan fingerprint density at radius 3 is 2.35 bits per heavy atom. The zero-order valence-corrected chi connectivity index (χ0v) is 14.1. The Morgan fingerprint density at radius 2 is 1.74 bits per heavy atom. The molecule has 0 radical (unpaired) electrons. The Balaban J connectivity index is 2.00. The highest BCUT2D eigenvalue weighted by molar-refractivity contribution is 6.30. The van der Waals surface area contributed by atoms with Crippen LogP contribution in [0.5, 0.6) is 11.5 Å². The monoisotopic (exact) mass is 333 g/mol. The second-order valence-electron chi connectivity index (χ2n) is 4.75. The number of guanidine groups is 1. The molecule has 0 spiro atoms. The SMILES string of the molecule is CN=C(NCc1ccc(Cl)cc1)Nc1ccc(OC)c(OC)c1. The highest BCUT2D eigenvalue weighted by Crippen LogP contribution is 2.29. The van der Waals surface area contributed by atoms with Gasteiger partial charge in [-0.05, 0) is 29.8 Å². The summed E-state index contributed by atoms with van der Waals surface area (Å²) in [5, 5.41) is 7.18. The Morgan fingerprint density at radius 1 is 1.04 bits per heavy atom. The van der Waals surface area contributed by atoms with E-state index in [-0.39, 0.29) is 0 Å². The second-order valence-corrected chi connectivity index (χ2v) is 5.18. The van der Waals surface area contributed by atoms with Crippen LogP contribution in [0.25, 0.3) is 0 Å². The average molecular weight is 334 g/mol. The molecular weight excluding hydrogens is 314 g/mol. The smallest absolute Gasteiger partial charge is 0.195 e. The second kappa shape index (κ2) is 8.29. The van der Waals surface area contributed by atoms with E-state index in [9.17, 15) is 0 Å². The van der Waals surface area contributed by atoms with Crippen molar-refractivity contribution >= 4 is 23.2 Å². The lowest BCUT2D eigenvalue weighted by Crippen LogP contribution is -2.30. The number of halogens is 1. The molecule has 0 heterocycles. The number of nitrogens with one attached hydrogen (secondary N) is 2. The number of rotatable bonds is 5. The van der Waals surface area contributed by atoms with Gasteiger partial charge in [0.15, 0.2) is 17.5 Å². The number of nitrogens with zero attached hydrogens (tertiary/aromatic N) is 1. The van der Waals surface area contributed by atoms with Crippen LogP contribution in [-0.2, 0) is 6.54 Å². The zero-order valence-electron chi connectivity index (χ0n) is 13.4. The molecule has 2 aromatic rings. The first-order valence-electron chi connectivity index (χ1n) is 7.10. The van der Waals surface area contributed by atoms with Gasteiger partial charge in [0.05, 0.1) is 14.2 Å². The largest absolute Gasteiger partial charge is 0.493 e. The van der Waals surface area contributed by atoms with Crippen molar-refractivity contribution in [2.24, 2.45) is 4.99 Å². The van der Waals surface area contributed by atoms with Crippen molar-refractivity contribution in [3.8, 4) is 11.5 Å². The molecule has 0 saturated heterocycles. The van der Waals surface area contributed by atoms with Gasteiger partial charge in [0, 0.05) is 30.4 Å². The number of anilines is 1. The lowest BCUT2D eigenvalue weighted by atomic mass is 10.2. The lowest BCUT2D eigenvalue weighted by Gasteiger charge is -2.14. The molecule has 0 aromatic heterocycles.